The van der Waals surface area contributed by atoms with Crippen LogP contribution < -0.4 is 10.6 Å². The smallest absolute Gasteiger partial charge is 0.144 e. The fraction of sp³-hybridized carbons (Fsp3) is 0.182. The molecule has 2 nitrogen and oxygen atoms in total. The maximum absolute atomic E-state index is 5.72. The Hall–Kier alpha value is -1.22. The van der Waals surface area contributed by atoms with Gasteiger partial charge in [0.05, 0.1) is 0 Å². The van der Waals surface area contributed by atoms with Gasteiger partial charge >= 0.3 is 0 Å². The molecule has 3 rings (SSSR count). The van der Waals surface area contributed by atoms with Crippen LogP contribution in [0.15, 0.2) is 22.9 Å². The zero-order valence-corrected chi connectivity index (χ0v) is 8.42. The third-order valence-corrected chi connectivity index (χ3v) is 2.95. The van der Waals surface area contributed by atoms with Gasteiger partial charge in [-0.15, -0.1) is 12.6 Å². The van der Waals surface area contributed by atoms with E-state index in [-0.39, 0.29) is 0 Å². The first-order valence-corrected chi connectivity index (χ1v) is 5.06. The van der Waals surface area contributed by atoms with Gasteiger partial charge in [-0.2, -0.15) is 0 Å². The molecule has 0 atom stereocenters. The lowest BCUT2D eigenvalue weighted by atomic mass is 10.1. The second-order valence-corrected chi connectivity index (χ2v) is 3.95. The van der Waals surface area contributed by atoms with E-state index >= 15 is 0 Å². The molecule has 0 radical (unpaired) electrons. The van der Waals surface area contributed by atoms with Crippen molar-refractivity contribution in [2.24, 2.45) is 0 Å². The summed E-state index contributed by atoms with van der Waals surface area (Å²) in [5.74, 6) is 0. The van der Waals surface area contributed by atoms with E-state index in [0.717, 1.165) is 39.4 Å². The molecule has 0 bridgehead atoms. The highest BCUT2D eigenvalue weighted by molar-refractivity contribution is 7.90. The number of hydrogen-bond donors (Lipinski definition) is 1. The Bertz CT molecular complexity index is 612. The minimum atomic E-state index is 0.898. The topological polar surface area (TPSA) is 26.0 Å². The summed E-state index contributed by atoms with van der Waals surface area (Å²) in [5.41, 5.74) is 1.82. The van der Waals surface area contributed by atoms with Crippen molar-refractivity contribution in [1.29, 1.82) is 0 Å². The molecule has 3 heteroatoms. The van der Waals surface area contributed by atoms with Crippen LogP contribution in [0.1, 0.15) is 12.8 Å². The van der Waals surface area contributed by atoms with E-state index in [1.165, 1.54) is 0 Å². The van der Waals surface area contributed by atoms with Crippen molar-refractivity contribution in [3.05, 3.63) is 29.1 Å². The van der Waals surface area contributed by atoms with Crippen molar-refractivity contribution < 1.29 is 4.42 Å². The summed E-state index contributed by atoms with van der Waals surface area (Å²) in [4.78, 5) is 5.14. The summed E-state index contributed by atoms with van der Waals surface area (Å²) in [6.07, 6.45) is 7.80. The van der Waals surface area contributed by atoms with Gasteiger partial charge in [0.15, 0.2) is 0 Å². The van der Waals surface area contributed by atoms with Crippen molar-refractivity contribution in [1.82, 2.24) is 4.98 Å². The Labute approximate surface area is 86.4 Å². The van der Waals surface area contributed by atoms with Gasteiger partial charge in [-0.25, -0.2) is 0 Å². The minimum Gasteiger partial charge on any atom is -0.455 e. The van der Waals surface area contributed by atoms with Crippen LogP contribution in [0.25, 0.3) is 22.0 Å². The molecule has 0 saturated carbocycles. The lowest BCUT2D eigenvalue weighted by Crippen LogP contribution is -2.24. The highest BCUT2D eigenvalue weighted by Gasteiger charge is 2.08. The molecule has 70 valence electrons. The molecular weight excluding hydrogens is 194 g/mol. The second kappa shape index (κ2) is 2.89. The number of fused-ring (bicyclic) bond motifs is 3. The average Bonchev–Trinajstić information content (AvgIpc) is 2.59. The summed E-state index contributed by atoms with van der Waals surface area (Å²) in [6.45, 7) is 0. The lowest BCUT2D eigenvalue weighted by molar-refractivity contribution is 0.570. The van der Waals surface area contributed by atoms with Gasteiger partial charge < -0.3 is 4.42 Å². The maximum atomic E-state index is 5.72. The molecular formula is C11H9NOS. The fourth-order valence-electron chi connectivity index (χ4n) is 1.84. The Morgan fingerprint density at radius 1 is 1.43 bits per heavy atom. The third kappa shape index (κ3) is 1.02. The predicted molar refractivity (Wildman–Crippen MR) is 59.4 cm³/mol. The third-order valence-electron chi connectivity index (χ3n) is 2.52. The minimum absolute atomic E-state index is 0.898. The van der Waals surface area contributed by atoms with Gasteiger partial charge in [-0.1, -0.05) is 6.08 Å². The second-order valence-electron chi connectivity index (χ2n) is 3.41. The Morgan fingerprint density at radius 3 is 3.29 bits per heavy atom. The number of thiol groups is 1. The number of furan rings is 1. The first kappa shape index (κ1) is 8.12. The van der Waals surface area contributed by atoms with Gasteiger partial charge in [0.25, 0.3) is 0 Å². The molecule has 0 spiro atoms. The van der Waals surface area contributed by atoms with E-state index in [1.54, 1.807) is 6.20 Å². The quantitative estimate of drug-likeness (QED) is 0.656. The van der Waals surface area contributed by atoms with Crippen molar-refractivity contribution in [2.75, 3.05) is 0 Å². The van der Waals surface area contributed by atoms with Gasteiger partial charge in [-0.3, -0.25) is 4.98 Å². The molecule has 0 amide bonds. The fourth-order valence-corrected chi connectivity index (χ4v) is 2.14. The molecule has 0 N–H and O–H groups in total. The summed E-state index contributed by atoms with van der Waals surface area (Å²) in [5, 5.41) is 2.25. The summed E-state index contributed by atoms with van der Waals surface area (Å²) in [7, 11) is 0. The van der Waals surface area contributed by atoms with Gasteiger partial charge in [0.2, 0.25) is 0 Å². The van der Waals surface area contributed by atoms with Crippen LogP contribution in [0.3, 0.4) is 0 Å². The largest absolute Gasteiger partial charge is 0.455 e. The SMILES string of the molecule is SC1=c2oc3ccncc3c2=CCC1. The first-order chi connectivity index (χ1) is 6.86. The van der Waals surface area contributed by atoms with Crippen LogP contribution in [-0.2, 0) is 0 Å². The van der Waals surface area contributed by atoms with Crippen LogP contribution in [0, 0.1) is 0 Å². The Kier molecular flexibility index (Phi) is 1.67. The molecule has 0 aliphatic heterocycles. The summed E-state index contributed by atoms with van der Waals surface area (Å²) >= 11 is 4.43. The molecule has 1 aliphatic carbocycles. The van der Waals surface area contributed by atoms with Gasteiger partial charge in [-0.05, 0) is 18.9 Å². The average molecular weight is 203 g/mol. The first-order valence-electron chi connectivity index (χ1n) is 4.61. The van der Waals surface area contributed by atoms with E-state index in [2.05, 4.69) is 23.7 Å². The zero-order chi connectivity index (χ0) is 9.54. The number of hydrogen-bond acceptors (Lipinski definition) is 3. The molecule has 0 saturated heterocycles. The molecule has 2 aromatic rings. The van der Waals surface area contributed by atoms with E-state index in [0.29, 0.717) is 0 Å². The molecule has 0 aromatic carbocycles. The number of rotatable bonds is 0. The molecule has 0 unspecified atom stereocenters. The predicted octanol–water partition coefficient (Wildman–Crippen LogP) is 1.44. The lowest BCUT2D eigenvalue weighted by Gasteiger charge is -1.98. The molecule has 2 heterocycles. The number of pyridine rings is 1. The summed E-state index contributed by atoms with van der Waals surface area (Å²) in [6, 6.07) is 1.89. The van der Waals surface area contributed by atoms with Crippen molar-refractivity contribution in [3.8, 4) is 0 Å². The van der Waals surface area contributed by atoms with Crippen LogP contribution in [0.4, 0.5) is 0 Å². The number of nitrogens with zero attached hydrogens (tertiary/aromatic N) is 1. The van der Waals surface area contributed by atoms with Crippen LogP contribution >= 0.6 is 12.6 Å². The normalized spacial score (nSPS) is 15.4. The van der Waals surface area contributed by atoms with Crippen LogP contribution in [-0.4, -0.2) is 4.98 Å². The van der Waals surface area contributed by atoms with Crippen molar-refractivity contribution in [2.45, 2.75) is 12.8 Å². The molecule has 14 heavy (non-hydrogen) atoms. The summed E-state index contributed by atoms with van der Waals surface area (Å²) < 4.78 is 5.72. The van der Waals surface area contributed by atoms with Crippen LogP contribution in [0.5, 0.6) is 0 Å². The Balaban J connectivity index is 2.63. The Morgan fingerprint density at radius 2 is 2.36 bits per heavy atom. The molecule has 1 aliphatic rings. The van der Waals surface area contributed by atoms with E-state index < -0.39 is 0 Å². The highest BCUT2D eigenvalue weighted by atomic mass is 32.1. The van der Waals surface area contributed by atoms with E-state index in [1.807, 2.05) is 12.3 Å². The van der Waals surface area contributed by atoms with E-state index in [9.17, 15) is 0 Å². The standard InChI is InChI=1S/C11H9NOS/c14-10-3-1-2-7-8-6-12-5-4-9(8)13-11(7)10/h2,4-6,14H,1,3H2. The number of aromatic nitrogens is 1. The maximum Gasteiger partial charge on any atom is 0.144 e. The molecule has 2 aromatic heterocycles. The van der Waals surface area contributed by atoms with Crippen molar-refractivity contribution >= 4 is 34.6 Å². The zero-order valence-electron chi connectivity index (χ0n) is 7.53. The van der Waals surface area contributed by atoms with E-state index in [4.69, 9.17) is 4.42 Å². The molecule has 0 fully saturated rings. The van der Waals surface area contributed by atoms with Gasteiger partial charge in [0, 0.05) is 27.9 Å². The monoisotopic (exact) mass is 203 g/mol. The van der Waals surface area contributed by atoms with Crippen LogP contribution in [0.2, 0.25) is 0 Å². The van der Waals surface area contributed by atoms with Crippen molar-refractivity contribution in [3.63, 3.8) is 0 Å². The van der Waals surface area contributed by atoms with Gasteiger partial charge in [0.1, 0.15) is 11.0 Å². The highest BCUT2D eigenvalue weighted by Crippen LogP contribution is 2.15.